The van der Waals surface area contributed by atoms with E-state index in [1.807, 2.05) is 0 Å². The van der Waals surface area contributed by atoms with Crippen molar-refractivity contribution in [3.63, 3.8) is 0 Å². The molecule has 0 heterocycles. The highest BCUT2D eigenvalue weighted by atomic mass is 19.4. The number of amides is 1. The Balaban J connectivity index is 2.79. The standard InChI is InChI=1S/C15H18F3NO4/c1-23-8-7-12(14(21)22)19-13(20)9-11(15(16,17)18)10-5-3-2-4-6-10/h2-6,11-12H,7-9H2,1H3,(H,19,20)(H,21,22). The number of carbonyl (C=O) groups is 2. The predicted molar refractivity (Wildman–Crippen MR) is 75.9 cm³/mol. The number of carbonyl (C=O) groups excluding carboxylic acids is 1. The van der Waals surface area contributed by atoms with E-state index in [2.05, 4.69) is 5.32 Å². The molecule has 1 rings (SSSR count). The molecule has 2 atom stereocenters. The summed E-state index contributed by atoms with van der Waals surface area (Å²) in [5.41, 5.74) is -0.0427. The molecule has 0 fully saturated rings. The first kappa shape index (κ1) is 19.0. The zero-order valence-electron chi connectivity index (χ0n) is 12.5. The van der Waals surface area contributed by atoms with Crippen LogP contribution in [0.4, 0.5) is 13.2 Å². The number of nitrogens with one attached hydrogen (secondary N) is 1. The third kappa shape index (κ3) is 6.27. The second-order valence-electron chi connectivity index (χ2n) is 4.95. The second kappa shape index (κ2) is 8.52. The highest BCUT2D eigenvalue weighted by Crippen LogP contribution is 2.37. The molecule has 2 N–H and O–H groups in total. The third-order valence-electron chi connectivity index (χ3n) is 3.23. The van der Waals surface area contributed by atoms with Gasteiger partial charge in [0.25, 0.3) is 0 Å². The smallest absolute Gasteiger partial charge is 0.396 e. The van der Waals surface area contributed by atoms with Crippen molar-refractivity contribution >= 4 is 11.9 Å². The molecule has 0 aliphatic carbocycles. The van der Waals surface area contributed by atoms with Crippen LogP contribution >= 0.6 is 0 Å². The quantitative estimate of drug-likeness (QED) is 0.766. The largest absolute Gasteiger partial charge is 0.480 e. The molecule has 2 unspecified atom stereocenters. The first-order valence-electron chi connectivity index (χ1n) is 6.88. The van der Waals surface area contributed by atoms with Crippen LogP contribution in [0.25, 0.3) is 0 Å². The van der Waals surface area contributed by atoms with Gasteiger partial charge in [0.05, 0.1) is 5.92 Å². The van der Waals surface area contributed by atoms with Gasteiger partial charge in [-0.1, -0.05) is 30.3 Å². The van der Waals surface area contributed by atoms with Gasteiger partial charge in [-0.05, 0) is 5.56 Å². The number of hydrogen-bond acceptors (Lipinski definition) is 3. The summed E-state index contributed by atoms with van der Waals surface area (Å²) < 4.78 is 44.2. The number of benzene rings is 1. The molecule has 0 aromatic heterocycles. The molecular formula is C15H18F3NO4. The van der Waals surface area contributed by atoms with Crippen LogP contribution in [0.3, 0.4) is 0 Å². The number of ether oxygens (including phenoxy) is 1. The average molecular weight is 333 g/mol. The monoisotopic (exact) mass is 333 g/mol. The minimum Gasteiger partial charge on any atom is -0.480 e. The normalized spacial score (nSPS) is 14.1. The fourth-order valence-electron chi connectivity index (χ4n) is 2.04. The lowest BCUT2D eigenvalue weighted by Crippen LogP contribution is -2.42. The number of methoxy groups -OCH3 is 1. The van der Waals surface area contributed by atoms with Crippen molar-refractivity contribution in [1.82, 2.24) is 5.32 Å². The maximum absolute atomic E-state index is 13.1. The molecule has 128 valence electrons. The molecule has 0 spiro atoms. The highest BCUT2D eigenvalue weighted by molar-refractivity contribution is 5.84. The number of carboxylic acids is 1. The summed E-state index contributed by atoms with van der Waals surface area (Å²) in [6.45, 7) is 0.0681. The maximum atomic E-state index is 13.1. The Hall–Kier alpha value is -2.09. The van der Waals surface area contributed by atoms with E-state index in [1.54, 1.807) is 6.07 Å². The number of aliphatic carboxylic acids is 1. The van der Waals surface area contributed by atoms with E-state index >= 15 is 0 Å². The first-order valence-corrected chi connectivity index (χ1v) is 6.88. The van der Waals surface area contributed by atoms with E-state index in [0.29, 0.717) is 0 Å². The highest BCUT2D eigenvalue weighted by Gasteiger charge is 2.42. The van der Waals surface area contributed by atoms with Gasteiger partial charge in [-0.15, -0.1) is 0 Å². The second-order valence-corrected chi connectivity index (χ2v) is 4.95. The van der Waals surface area contributed by atoms with E-state index in [-0.39, 0.29) is 18.6 Å². The molecule has 0 aliphatic heterocycles. The van der Waals surface area contributed by atoms with Gasteiger partial charge in [0, 0.05) is 26.6 Å². The van der Waals surface area contributed by atoms with Crippen LogP contribution in [-0.4, -0.2) is 42.9 Å². The van der Waals surface area contributed by atoms with Crippen molar-refractivity contribution in [2.45, 2.75) is 31.0 Å². The van der Waals surface area contributed by atoms with Crippen molar-refractivity contribution < 1.29 is 32.6 Å². The first-order chi connectivity index (χ1) is 10.8. The maximum Gasteiger partial charge on any atom is 0.396 e. The van der Waals surface area contributed by atoms with Crippen LogP contribution in [0.15, 0.2) is 30.3 Å². The van der Waals surface area contributed by atoms with Gasteiger partial charge in [0.1, 0.15) is 6.04 Å². The summed E-state index contributed by atoms with van der Waals surface area (Å²) in [7, 11) is 1.36. The number of halogens is 3. The molecular weight excluding hydrogens is 315 g/mol. The minimum absolute atomic E-state index is 0.0282. The Bertz CT molecular complexity index is 519. The molecule has 1 aromatic carbocycles. The number of alkyl halides is 3. The van der Waals surface area contributed by atoms with Crippen molar-refractivity contribution in [2.24, 2.45) is 0 Å². The lowest BCUT2D eigenvalue weighted by Gasteiger charge is -2.21. The number of hydrogen-bond donors (Lipinski definition) is 2. The van der Waals surface area contributed by atoms with Gasteiger partial charge in [0.2, 0.25) is 5.91 Å². The van der Waals surface area contributed by atoms with Crippen molar-refractivity contribution in [1.29, 1.82) is 0 Å². The summed E-state index contributed by atoms with van der Waals surface area (Å²) in [5, 5.41) is 11.1. The van der Waals surface area contributed by atoms with Gasteiger partial charge in [-0.3, -0.25) is 4.79 Å². The van der Waals surface area contributed by atoms with E-state index in [0.717, 1.165) is 0 Å². The van der Waals surface area contributed by atoms with Gasteiger partial charge in [-0.25, -0.2) is 4.79 Å². The predicted octanol–water partition coefficient (Wildman–Crippen LogP) is 2.33. The molecule has 0 saturated carbocycles. The summed E-state index contributed by atoms with van der Waals surface area (Å²) >= 11 is 0. The van der Waals surface area contributed by atoms with Gasteiger partial charge in [-0.2, -0.15) is 13.2 Å². The zero-order chi connectivity index (χ0) is 17.5. The SMILES string of the molecule is COCCC(NC(=O)CC(c1ccccc1)C(F)(F)F)C(=O)O. The molecule has 0 bridgehead atoms. The molecule has 5 nitrogen and oxygen atoms in total. The van der Waals surface area contributed by atoms with Crippen molar-refractivity contribution in [2.75, 3.05) is 13.7 Å². The number of rotatable bonds is 8. The van der Waals surface area contributed by atoms with Gasteiger partial charge < -0.3 is 15.2 Å². The molecule has 0 saturated heterocycles. The van der Waals surface area contributed by atoms with Crippen LogP contribution in [0.2, 0.25) is 0 Å². The van der Waals surface area contributed by atoms with Crippen molar-refractivity contribution in [3.8, 4) is 0 Å². The van der Waals surface area contributed by atoms with Crippen LogP contribution in [0, 0.1) is 0 Å². The Kier molecular flexibility index (Phi) is 7.02. The Morgan fingerprint density at radius 2 is 1.87 bits per heavy atom. The fourth-order valence-corrected chi connectivity index (χ4v) is 2.04. The topological polar surface area (TPSA) is 75.6 Å². The Morgan fingerprint density at radius 1 is 1.26 bits per heavy atom. The lowest BCUT2D eigenvalue weighted by molar-refractivity contribution is -0.158. The molecule has 23 heavy (non-hydrogen) atoms. The summed E-state index contributed by atoms with van der Waals surface area (Å²) in [6, 6.07) is 5.75. The molecule has 0 radical (unpaired) electrons. The van der Waals surface area contributed by atoms with Crippen molar-refractivity contribution in [3.05, 3.63) is 35.9 Å². The van der Waals surface area contributed by atoms with E-state index < -0.39 is 36.4 Å². The Labute approximate surface area is 131 Å². The molecule has 1 amide bonds. The molecule has 1 aromatic rings. The van der Waals surface area contributed by atoms with E-state index in [9.17, 15) is 22.8 Å². The lowest BCUT2D eigenvalue weighted by atomic mass is 9.94. The summed E-state index contributed by atoms with van der Waals surface area (Å²) in [4.78, 5) is 22.8. The minimum atomic E-state index is -4.61. The van der Waals surface area contributed by atoms with Crippen LogP contribution in [-0.2, 0) is 14.3 Å². The number of carboxylic acid groups (broad SMARTS) is 1. The fraction of sp³-hybridized carbons (Fsp3) is 0.467. The molecule has 0 aliphatic rings. The zero-order valence-corrected chi connectivity index (χ0v) is 12.5. The molecule has 8 heteroatoms. The Morgan fingerprint density at radius 3 is 2.35 bits per heavy atom. The summed E-state index contributed by atoms with van der Waals surface area (Å²) in [6.07, 6.45) is -5.51. The summed E-state index contributed by atoms with van der Waals surface area (Å²) in [5.74, 6) is -4.28. The van der Waals surface area contributed by atoms with Gasteiger partial charge in [0.15, 0.2) is 0 Å². The van der Waals surface area contributed by atoms with E-state index in [1.165, 1.54) is 31.4 Å². The van der Waals surface area contributed by atoms with Crippen LogP contribution in [0.5, 0.6) is 0 Å². The van der Waals surface area contributed by atoms with E-state index in [4.69, 9.17) is 9.84 Å². The van der Waals surface area contributed by atoms with Gasteiger partial charge >= 0.3 is 12.1 Å². The third-order valence-corrected chi connectivity index (χ3v) is 3.23. The van der Waals surface area contributed by atoms with Crippen LogP contribution < -0.4 is 5.32 Å². The average Bonchev–Trinajstić information content (AvgIpc) is 2.48. The van der Waals surface area contributed by atoms with Crippen LogP contribution in [0.1, 0.15) is 24.3 Å².